The van der Waals surface area contributed by atoms with Crippen molar-refractivity contribution in [3.63, 3.8) is 0 Å². The Morgan fingerprint density at radius 1 is 1.20 bits per heavy atom. The minimum atomic E-state index is -4.14. The van der Waals surface area contributed by atoms with Crippen LogP contribution in [0.15, 0.2) is 18.2 Å². The molecule has 0 saturated heterocycles. The van der Waals surface area contributed by atoms with Gasteiger partial charge >= 0.3 is 7.82 Å². The Kier molecular flexibility index (Phi) is 5.68. The summed E-state index contributed by atoms with van der Waals surface area (Å²) in [6, 6.07) is 5.76. The number of aryl methyl sites for hydroxylation is 1. The van der Waals surface area contributed by atoms with Crippen molar-refractivity contribution >= 4 is 13.6 Å². The number of hydrogen-bond donors (Lipinski definition) is 1. The largest absolute Gasteiger partial charge is 0.527 e. The first-order valence-corrected chi connectivity index (χ1v) is 12.6. The summed E-state index contributed by atoms with van der Waals surface area (Å²) in [6.45, 7) is 2.96. The van der Waals surface area contributed by atoms with E-state index in [1.165, 1.54) is 11.1 Å². The molecule has 1 N–H and O–H groups in total. The van der Waals surface area contributed by atoms with Gasteiger partial charge in [0.15, 0.2) is 0 Å². The van der Waals surface area contributed by atoms with Crippen LogP contribution in [-0.4, -0.2) is 49.5 Å². The van der Waals surface area contributed by atoms with Gasteiger partial charge in [0.05, 0.1) is 21.1 Å². The lowest BCUT2D eigenvalue weighted by Gasteiger charge is -2.48. The van der Waals surface area contributed by atoms with Crippen LogP contribution in [0, 0.1) is 17.3 Å². The number of phosphoric acid groups is 1. The fourth-order valence-corrected chi connectivity index (χ4v) is 6.72. The molecule has 5 atom stereocenters. The Hall–Kier alpha value is -1.20. The van der Waals surface area contributed by atoms with E-state index >= 15 is 0 Å². The maximum Gasteiger partial charge on any atom is 0.527 e. The van der Waals surface area contributed by atoms with Crippen molar-refractivity contribution in [1.82, 2.24) is 0 Å². The van der Waals surface area contributed by atoms with Gasteiger partial charge in [0.25, 0.3) is 0 Å². The van der Waals surface area contributed by atoms with Crippen LogP contribution in [0.2, 0.25) is 0 Å². The molecular weight excluding hydrogens is 401 g/mol. The number of benzene rings is 1. The van der Waals surface area contributed by atoms with E-state index in [2.05, 4.69) is 13.0 Å². The molecule has 30 heavy (non-hydrogen) atoms. The van der Waals surface area contributed by atoms with Gasteiger partial charge < -0.3 is 9.01 Å². The molecule has 1 aromatic carbocycles. The standard InChI is InChI=1S/C23H34NO5P/c1-23-12-11-19-18-8-6-17(29-30(26,27)28-14-13-24(2,3)4)15-16(18)5-7-20(19)21(23)9-10-22(23)25/h6,8,15,19-21H,5,7,9-14H2,1-4H3/p+1/t19-,20-,21+,23+/m1/s1. The fourth-order valence-electron chi connectivity index (χ4n) is 5.98. The lowest BCUT2D eigenvalue weighted by atomic mass is 9.55. The molecule has 0 spiro atoms. The maximum absolute atomic E-state index is 12.5. The minimum absolute atomic E-state index is 0.117. The predicted octanol–water partition coefficient (Wildman–Crippen LogP) is 4.31. The molecule has 7 heteroatoms. The summed E-state index contributed by atoms with van der Waals surface area (Å²) >= 11 is 0. The van der Waals surface area contributed by atoms with Crippen molar-refractivity contribution in [3.8, 4) is 5.75 Å². The van der Waals surface area contributed by atoms with Crippen molar-refractivity contribution in [3.05, 3.63) is 29.3 Å². The highest BCUT2D eigenvalue weighted by molar-refractivity contribution is 7.47. The Bertz CT molecular complexity index is 879. The number of likely N-dealkylation sites (N-methyl/N-ethyl adjacent to an activating group) is 1. The molecule has 0 aromatic heterocycles. The summed E-state index contributed by atoms with van der Waals surface area (Å²) in [5, 5.41) is 0. The van der Waals surface area contributed by atoms with Crippen LogP contribution in [0.3, 0.4) is 0 Å². The zero-order valence-electron chi connectivity index (χ0n) is 18.6. The van der Waals surface area contributed by atoms with Crippen LogP contribution < -0.4 is 4.52 Å². The number of rotatable bonds is 6. The van der Waals surface area contributed by atoms with Gasteiger partial charge in [-0.15, -0.1) is 0 Å². The summed E-state index contributed by atoms with van der Waals surface area (Å²) in [5.41, 5.74) is 2.42. The molecular formula is C23H35NO5P+. The topological polar surface area (TPSA) is 72.8 Å². The second kappa shape index (κ2) is 7.74. The molecule has 0 radical (unpaired) electrons. The third-order valence-electron chi connectivity index (χ3n) is 7.64. The number of carbonyl (C=O) groups excluding carboxylic acids is 1. The van der Waals surface area contributed by atoms with Crippen molar-refractivity contribution in [2.45, 2.75) is 51.4 Å². The van der Waals surface area contributed by atoms with Crippen LogP contribution >= 0.6 is 7.82 Å². The van der Waals surface area contributed by atoms with E-state index in [-0.39, 0.29) is 12.0 Å². The molecule has 3 aliphatic carbocycles. The van der Waals surface area contributed by atoms with Gasteiger partial charge in [-0.3, -0.25) is 14.2 Å². The second-order valence-electron chi connectivity index (χ2n) is 10.6. The lowest BCUT2D eigenvalue weighted by molar-refractivity contribution is -0.870. The number of carbonyl (C=O) groups is 1. The van der Waals surface area contributed by atoms with E-state index in [4.69, 9.17) is 9.05 Å². The molecule has 1 unspecified atom stereocenters. The first kappa shape index (κ1) is 22.0. The van der Waals surface area contributed by atoms with Gasteiger partial charge in [-0.2, -0.15) is 0 Å². The number of fused-ring (bicyclic) bond motifs is 5. The van der Waals surface area contributed by atoms with Crippen LogP contribution in [-0.2, 0) is 20.3 Å². The summed E-state index contributed by atoms with van der Waals surface area (Å²) < 4.78 is 23.5. The van der Waals surface area contributed by atoms with Gasteiger partial charge in [-0.25, -0.2) is 4.57 Å². The van der Waals surface area contributed by atoms with E-state index < -0.39 is 7.82 Å². The molecule has 166 valence electrons. The van der Waals surface area contributed by atoms with Crippen LogP contribution in [0.1, 0.15) is 56.1 Å². The highest BCUT2D eigenvalue weighted by Crippen LogP contribution is 2.59. The average Bonchev–Trinajstić information content (AvgIpc) is 2.94. The fraction of sp³-hybridized carbons (Fsp3) is 0.696. The Morgan fingerprint density at radius 3 is 2.70 bits per heavy atom. The Morgan fingerprint density at radius 2 is 1.97 bits per heavy atom. The van der Waals surface area contributed by atoms with E-state index in [1.807, 2.05) is 27.2 Å². The molecule has 2 saturated carbocycles. The number of nitrogens with zero attached hydrogens (tertiary/aromatic N) is 1. The van der Waals surface area contributed by atoms with Crippen molar-refractivity contribution < 1.29 is 27.8 Å². The van der Waals surface area contributed by atoms with E-state index in [0.29, 0.717) is 40.3 Å². The van der Waals surface area contributed by atoms with Gasteiger partial charge in [0.2, 0.25) is 0 Å². The Balaban J connectivity index is 1.46. The highest BCUT2D eigenvalue weighted by Gasteiger charge is 2.54. The minimum Gasteiger partial charge on any atom is -0.404 e. The van der Waals surface area contributed by atoms with Crippen molar-refractivity contribution in [2.75, 3.05) is 34.3 Å². The number of ketones is 1. The summed E-state index contributed by atoms with van der Waals surface area (Å²) in [5.74, 6) is 2.40. The smallest absolute Gasteiger partial charge is 0.404 e. The second-order valence-corrected chi connectivity index (χ2v) is 12.0. The molecule has 4 rings (SSSR count). The van der Waals surface area contributed by atoms with Crippen molar-refractivity contribution in [2.24, 2.45) is 17.3 Å². The van der Waals surface area contributed by atoms with Crippen LogP contribution in [0.4, 0.5) is 0 Å². The monoisotopic (exact) mass is 436 g/mol. The molecule has 6 nitrogen and oxygen atoms in total. The first-order valence-electron chi connectivity index (χ1n) is 11.1. The van der Waals surface area contributed by atoms with Gasteiger partial charge in [-0.1, -0.05) is 13.0 Å². The number of Topliss-reactive ketones (excluding diaryl/α,β-unsaturated/α-hetero) is 1. The maximum atomic E-state index is 12.5. The number of quaternary nitrogens is 1. The zero-order chi connectivity index (χ0) is 21.7. The quantitative estimate of drug-likeness (QED) is 0.531. The number of hydrogen-bond acceptors (Lipinski definition) is 4. The molecule has 2 fully saturated rings. The van der Waals surface area contributed by atoms with Gasteiger partial charge in [-0.05, 0) is 73.1 Å². The van der Waals surface area contributed by atoms with Gasteiger partial charge in [0, 0.05) is 11.8 Å². The van der Waals surface area contributed by atoms with E-state index in [9.17, 15) is 14.3 Å². The zero-order valence-corrected chi connectivity index (χ0v) is 19.5. The summed E-state index contributed by atoms with van der Waals surface area (Å²) in [7, 11) is 1.85. The average molecular weight is 437 g/mol. The van der Waals surface area contributed by atoms with Gasteiger partial charge in [0.1, 0.15) is 24.7 Å². The number of phosphoric ester groups is 1. The molecule has 1 aromatic rings. The molecule has 3 aliphatic rings. The summed E-state index contributed by atoms with van der Waals surface area (Å²) in [4.78, 5) is 22.6. The predicted molar refractivity (Wildman–Crippen MR) is 115 cm³/mol. The third kappa shape index (κ3) is 4.25. The first-order chi connectivity index (χ1) is 14.0. The van der Waals surface area contributed by atoms with E-state index in [0.717, 1.165) is 38.5 Å². The Labute approximate surface area is 179 Å². The highest BCUT2D eigenvalue weighted by atomic mass is 31.2. The van der Waals surface area contributed by atoms with Crippen LogP contribution in [0.5, 0.6) is 5.75 Å². The SMILES string of the molecule is C[C@]12CC[C@@H]3c4ccc(OP(=O)(O)OCC[N+](C)(C)C)cc4CC[C@H]3[C@@H]1CCC2=O. The normalized spacial score (nSPS) is 32.7. The lowest BCUT2D eigenvalue weighted by Crippen LogP contribution is -2.42. The molecule has 0 aliphatic heterocycles. The summed E-state index contributed by atoms with van der Waals surface area (Å²) in [6.07, 6.45) is 5.79. The van der Waals surface area contributed by atoms with Crippen LogP contribution in [0.25, 0.3) is 0 Å². The molecule has 0 heterocycles. The molecule has 0 amide bonds. The third-order valence-corrected chi connectivity index (χ3v) is 8.59. The van der Waals surface area contributed by atoms with E-state index in [1.54, 1.807) is 6.07 Å². The molecule has 0 bridgehead atoms. The van der Waals surface area contributed by atoms with Crippen molar-refractivity contribution in [1.29, 1.82) is 0 Å².